The summed E-state index contributed by atoms with van der Waals surface area (Å²) >= 11 is 0. The van der Waals surface area contributed by atoms with E-state index in [9.17, 15) is 5.11 Å². The maximum Gasteiger partial charge on any atom is 0.0664 e. The van der Waals surface area contributed by atoms with Crippen LogP contribution < -0.4 is 0 Å². The molecule has 2 unspecified atom stereocenters. The van der Waals surface area contributed by atoms with Gasteiger partial charge in [-0.2, -0.15) is 0 Å². The van der Waals surface area contributed by atoms with Crippen LogP contribution in [0, 0.1) is 0 Å². The van der Waals surface area contributed by atoms with E-state index in [4.69, 9.17) is 0 Å². The molecule has 1 N–H and O–H groups in total. The Hall–Kier alpha value is -0.900. The van der Waals surface area contributed by atoms with E-state index >= 15 is 0 Å². The van der Waals surface area contributed by atoms with E-state index in [0.29, 0.717) is 0 Å². The summed E-state index contributed by atoms with van der Waals surface area (Å²) in [5.41, 5.74) is 1.38. The number of rotatable bonds is 4. The zero-order valence-electron chi connectivity index (χ0n) is 11.4. The molecule has 1 aromatic rings. The van der Waals surface area contributed by atoms with Gasteiger partial charge in [-0.1, -0.05) is 30.3 Å². The van der Waals surface area contributed by atoms with Crippen molar-refractivity contribution >= 4 is 0 Å². The summed E-state index contributed by atoms with van der Waals surface area (Å²) in [7, 11) is 0. The van der Waals surface area contributed by atoms with Crippen LogP contribution in [0.2, 0.25) is 0 Å². The Labute approximate surface area is 110 Å². The topological polar surface area (TPSA) is 26.7 Å². The van der Waals surface area contributed by atoms with Crippen molar-refractivity contribution in [2.24, 2.45) is 0 Å². The molecular weight excluding hydrogens is 224 g/mol. The minimum atomic E-state index is -0.245. The summed E-state index contributed by atoms with van der Waals surface area (Å²) in [6, 6.07) is 10.9. The average molecular weight is 248 g/mol. The molecule has 1 saturated heterocycles. The van der Waals surface area contributed by atoms with Crippen molar-refractivity contribution in [1.82, 2.24) is 9.80 Å². The molecule has 0 aromatic heterocycles. The lowest BCUT2D eigenvalue weighted by Crippen LogP contribution is -2.51. The second-order valence-corrected chi connectivity index (χ2v) is 5.28. The summed E-state index contributed by atoms with van der Waals surface area (Å²) in [5, 5.41) is 9.62. The Morgan fingerprint density at radius 2 is 1.67 bits per heavy atom. The van der Waals surface area contributed by atoms with Gasteiger partial charge in [-0.25, -0.2) is 0 Å². The second-order valence-electron chi connectivity index (χ2n) is 5.28. The number of piperazine rings is 1. The molecule has 0 amide bonds. The lowest BCUT2D eigenvalue weighted by atomic mass is 10.1. The van der Waals surface area contributed by atoms with E-state index in [2.05, 4.69) is 47.1 Å². The summed E-state index contributed by atoms with van der Waals surface area (Å²) < 4.78 is 0. The molecule has 1 aliphatic rings. The van der Waals surface area contributed by atoms with Crippen molar-refractivity contribution < 1.29 is 5.11 Å². The normalized spacial score (nSPS) is 21.7. The molecule has 100 valence electrons. The van der Waals surface area contributed by atoms with Crippen molar-refractivity contribution in [3.63, 3.8) is 0 Å². The van der Waals surface area contributed by atoms with Crippen LogP contribution >= 0.6 is 0 Å². The molecule has 1 aliphatic heterocycles. The monoisotopic (exact) mass is 248 g/mol. The van der Waals surface area contributed by atoms with Crippen molar-refractivity contribution in [1.29, 1.82) is 0 Å². The molecular formula is C15H24N2O. The third-order valence-corrected chi connectivity index (χ3v) is 3.93. The first-order chi connectivity index (χ1) is 8.66. The molecule has 1 fully saturated rings. The number of aliphatic hydroxyl groups is 1. The Morgan fingerprint density at radius 3 is 2.22 bits per heavy atom. The maximum atomic E-state index is 9.62. The van der Waals surface area contributed by atoms with Gasteiger partial charge in [0.15, 0.2) is 0 Å². The quantitative estimate of drug-likeness (QED) is 0.876. The van der Waals surface area contributed by atoms with Crippen LogP contribution in [-0.2, 0) is 6.54 Å². The molecule has 0 aliphatic carbocycles. The SMILES string of the molecule is CC(O)C(C)N1CCN(Cc2ccccc2)CC1. The van der Waals surface area contributed by atoms with Gasteiger partial charge in [0.2, 0.25) is 0 Å². The highest BCUT2D eigenvalue weighted by molar-refractivity contribution is 5.14. The van der Waals surface area contributed by atoms with Gasteiger partial charge in [0.25, 0.3) is 0 Å². The third kappa shape index (κ3) is 3.55. The molecule has 2 atom stereocenters. The fourth-order valence-electron chi connectivity index (χ4n) is 2.48. The fraction of sp³-hybridized carbons (Fsp3) is 0.600. The maximum absolute atomic E-state index is 9.62. The highest BCUT2D eigenvalue weighted by Gasteiger charge is 2.23. The van der Waals surface area contributed by atoms with Gasteiger partial charge in [-0.15, -0.1) is 0 Å². The van der Waals surface area contributed by atoms with Crippen LogP contribution in [0.15, 0.2) is 30.3 Å². The molecule has 3 nitrogen and oxygen atoms in total. The number of hydrogen-bond donors (Lipinski definition) is 1. The van der Waals surface area contributed by atoms with E-state index in [0.717, 1.165) is 32.7 Å². The van der Waals surface area contributed by atoms with Crippen LogP contribution in [0.5, 0.6) is 0 Å². The van der Waals surface area contributed by atoms with Crippen LogP contribution in [0.1, 0.15) is 19.4 Å². The Bertz CT molecular complexity index is 345. The lowest BCUT2D eigenvalue weighted by molar-refractivity contribution is 0.0336. The van der Waals surface area contributed by atoms with Crippen LogP contribution in [0.4, 0.5) is 0 Å². The zero-order chi connectivity index (χ0) is 13.0. The average Bonchev–Trinajstić information content (AvgIpc) is 2.40. The van der Waals surface area contributed by atoms with Crippen LogP contribution in [-0.4, -0.2) is 53.2 Å². The lowest BCUT2D eigenvalue weighted by Gasteiger charge is -2.39. The third-order valence-electron chi connectivity index (χ3n) is 3.93. The largest absolute Gasteiger partial charge is 0.392 e. The first-order valence-electron chi connectivity index (χ1n) is 6.85. The predicted octanol–water partition coefficient (Wildman–Crippen LogP) is 1.57. The van der Waals surface area contributed by atoms with Crippen molar-refractivity contribution in [2.45, 2.75) is 32.5 Å². The second kappa shape index (κ2) is 6.32. The number of aliphatic hydroxyl groups excluding tert-OH is 1. The standard InChI is InChI=1S/C15H24N2O/c1-13(14(2)18)17-10-8-16(9-11-17)12-15-6-4-3-5-7-15/h3-7,13-14,18H,8-12H2,1-2H3. The van der Waals surface area contributed by atoms with Crippen molar-refractivity contribution in [3.05, 3.63) is 35.9 Å². The van der Waals surface area contributed by atoms with Crippen LogP contribution in [0.3, 0.4) is 0 Å². The molecule has 0 saturated carbocycles. The Kier molecular flexibility index (Phi) is 4.75. The van der Waals surface area contributed by atoms with Gasteiger partial charge < -0.3 is 5.11 Å². The summed E-state index contributed by atoms with van der Waals surface area (Å²) in [5.74, 6) is 0. The number of nitrogens with zero attached hydrogens (tertiary/aromatic N) is 2. The molecule has 1 heterocycles. The highest BCUT2D eigenvalue weighted by atomic mass is 16.3. The Balaban J connectivity index is 1.80. The van der Waals surface area contributed by atoms with E-state index < -0.39 is 0 Å². The Morgan fingerprint density at radius 1 is 1.06 bits per heavy atom. The molecule has 0 spiro atoms. The molecule has 0 radical (unpaired) electrons. The van der Waals surface area contributed by atoms with Crippen LogP contribution in [0.25, 0.3) is 0 Å². The molecule has 18 heavy (non-hydrogen) atoms. The number of benzene rings is 1. The van der Waals surface area contributed by atoms with Gasteiger partial charge in [0.1, 0.15) is 0 Å². The van der Waals surface area contributed by atoms with Gasteiger partial charge in [-0.05, 0) is 19.4 Å². The predicted molar refractivity (Wildman–Crippen MR) is 74.4 cm³/mol. The fourth-order valence-corrected chi connectivity index (χ4v) is 2.48. The zero-order valence-corrected chi connectivity index (χ0v) is 11.4. The van der Waals surface area contributed by atoms with Crippen molar-refractivity contribution in [3.8, 4) is 0 Å². The summed E-state index contributed by atoms with van der Waals surface area (Å²) in [6.07, 6.45) is -0.245. The van der Waals surface area contributed by atoms with E-state index in [1.165, 1.54) is 5.56 Å². The molecule has 0 bridgehead atoms. The molecule has 1 aromatic carbocycles. The molecule has 2 rings (SSSR count). The van der Waals surface area contributed by atoms with E-state index in [1.54, 1.807) is 0 Å². The van der Waals surface area contributed by atoms with Gasteiger partial charge in [-0.3, -0.25) is 9.80 Å². The summed E-state index contributed by atoms with van der Waals surface area (Å²) in [6.45, 7) is 9.31. The van der Waals surface area contributed by atoms with Gasteiger partial charge >= 0.3 is 0 Å². The summed E-state index contributed by atoms with van der Waals surface area (Å²) in [4.78, 5) is 4.87. The minimum absolute atomic E-state index is 0.245. The number of hydrogen-bond acceptors (Lipinski definition) is 3. The first-order valence-corrected chi connectivity index (χ1v) is 6.85. The highest BCUT2D eigenvalue weighted by Crippen LogP contribution is 2.12. The molecule has 3 heteroatoms. The van der Waals surface area contributed by atoms with E-state index in [1.807, 2.05) is 6.92 Å². The smallest absolute Gasteiger partial charge is 0.0664 e. The first kappa shape index (κ1) is 13.5. The minimum Gasteiger partial charge on any atom is -0.392 e. The van der Waals surface area contributed by atoms with Crippen molar-refractivity contribution in [2.75, 3.05) is 26.2 Å². The van der Waals surface area contributed by atoms with Gasteiger partial charge in [0.05, 0.1) is 6.10 Å². The van der Waals surface area contributed by atoms with E-state index in [-0.39, 0.29) is 12.1 Å². The van der Waals surface area contributed by atoms with Gasteiger partial charge in [0, 0.05) is 38.8 Å².